The van der Waals surface area contributed by atoms with Gasteiger partial charge in [0.1, 0.15) is 5.82 Å². The van der Waals surface area contributed by atoms with Crippen LogP contribution >= 0.6 is 15.9 Å². The Bertz CT molecular complexity index is 395. The van der Waals surface area contributed by atoms with Crippen LogP contribution in [0.2, 0.25) is 0 Å². The van der Waals surface area contributed by atoms with Gasteiger partial charge in [0.25, 0.3) is 0 Å². The summed E-state index contributed by atoms with van der Waals surface area (Å²) in [7, 11) is 0. The van der Waals surface area contributed by atoms with Crippen molar-refractivity contribution in [1.29, 1.82) is 0 Å². The maximum atomic E-state index is 13.5. The van der Waals surface area contributed by atoms with Crippen molar-refractivity contribution in [2.75, 3.05) is 25.1 Å². The van der Waals surface area contributed by atoms with E-state index in [0.29, 0.717) is 24.2 Å². The van der Waals surface area contributed by atoms with E-state index in [1.54, 1.807) is 6.07 Å². The van der Waals surface area contributed by atoms with Crippen LogP contribution in [0.1, 0.15) is 25.8 Å². The van der Waals surface area contributed by atoms with Gasteiger partial charge in [0.15, 0.2) is 6.29 Å². The van der Waals surface area contributed by atoms with Gasteiger partial charge in [-0.25, -0.2) is 4.39 Å². The molecule has 0 radical (unpaired) electrons. The summed E-state index contributed by atoms with van der Waals surface area (Å²) in [4.78, 5) is 0. The number of halogens is 2. The standard InChI is InChI=1S/C14H21BrFNO2/c1-4-18-14(19-5-2)6-7-17-13-9-12(16)11(15)8-10(13)3/h8-9,14,17H,4-7H2,1-3H3. The van der Waals surface area contributed by atoms with Crippen molar-refractivity contribution in [3.05, 3.63) is 28.0 Å². The van der Waals surface area contributed by atoms with E-state index in [9.17, 15) is 4.39 Å². The first-order chi connectivity index (χ1) is 9.08. The minimum absolute atomic E-state index is 0.205. The highest BCUT2D eigenvalue weighted by atomic mass is 79.9. The molecular formula is C14H21BrFNO2. The van der Waals surface area contributed by atoms with E-state index >= 15 is 0 Å². The fraction of sp³-hybridized carbons (Fsp3) is 0.571. The molecule has 0 aliphatic heterocycles. The van der Waals surface area contributed by atoms with Crippen LogP contribution in [0.4, 0.5) is 10.1 Å². The second-order valence-corrected chi connectivity index (χ2v) is 4.99. The molecule has 0 heterocycles. The topological polar surface area (TPSA) is 30.5 Å². The van der Waals surface area contributed by atoms with E-state index < -0.39 is 0 Å². The molecule has 3 nitrogen and oxygen atoms in total. The van der Waals surface area contributed by atoms with Gasteiger partial charge < -0.3 is 14.8 Å². The molecule has 19 heavy (non-hydrogen) atoms. The third kappa shape index (κ3) is 5.47. The predicted molar refractivity (Wildman–Crippen MR) is 79.0 cm³/mol. The lowest BCUT2D eigenvalue weighted by molar-refractivity contribution is -0.137. The maximum Gasteiger partial charge on any atom is 0.159 e. The van der Waals surface area contributed by atoms with E-state index in [-0.39, 0.29) is 12.1 Å². The Hall–Kier alpha value is -0.650. The average Bonchev–Trinajstić information content (AvgIpc) is 2.36. The molecular weight excluding hydrogens is 313 g/mol. The molecule has 108 valence electrons. The van der Waals surface area contributed by atoms with Gasteiger partial charge in [-0.15, -0.1) is 0 Å². The lowest BCUT2D eigenvalue weighted by atomic mass is 10.2. The fourth-order valence-electron chi connectivity index (χ4n) is 1.75. The average molecular weight is 334 g/mol. The van der Waals surface area contributed by atoms with E-state index in [4.69, 9.17) is 9.47 Å². The summed E-state index contributed by atoms with van der Waals surface area (Å²) in [6, 6.07) is 3.26. The number of ether oxygens (including phenoxy) is 2. The van der Waals surface area contributed by atoms with Gasteiger partial charge in [0, 0.05) is 31.9 Å². The largest absolute Gasteiger partial charge is 0.385 e. The summed E-state index contributed by atoms with van der Waals surface area (Å²) in [6.07, 6.45) is 0.516. The first-order valence-electron chi connectivity index (χ1n) is 6.51. The highest BCUT2D eigenvalue weighted by Gasteiger charge is 2.09. The van der Waals surface area contributed by atoms with Gasteiger partial charge in [-0.1, -0.05) is 0 Å². The molecule has 0 aliphatic carbocycles. The van der Waals surface area contributed by atoms with Gasteiger partial charge in [-0.3, -0.25) is 0 Å². The molecule has 0 fully saturated rings. The molecule has 1 aromatic rings. The highest BCUT2D eigenvalue weighted by Crippen LogP contribution is 2.23. The number of nitrogens with one attached hydrogen (secondary N) is 1. The van der Waals surface area contributed by atoms with Crippen molar-refractivity contribution in [3.63, 3.8) is 0 Å². The summed E-state index contributed by atoms with van der Waals surface area (Å²) in [5.41, 5.74) is 1.80. The third-order valence-electron chi connectivity index (χ3n) is 2.67. The zero-order chi connectivity index (χ0) is 14.3. The first-order valence-corrected chi connectivity index (χ1v) is 7.30. The zero-order valence-electron chi connectivity index (χ0n) is 11.6. The molecule has 0 aromatic heterocycles. The van der Waals surface area contributed by atoms with Crippen LogP contribution in [0.25, 0.3) is 0 Å². The van der Waals surface area contributed by atoms with Crippen LogP contribution in [0.5, 0.6) is 0 Å². The Morgan fingerprint density at radius 2 is 1.89 bits per heavy atom. The molecule has 0 amide bonds. The van der Waals surface area contributed by atoms with E-state index in [1.807, 2.05) is 20.8 Å². The van der Waals surface area contributed by atoms with Gasteiger partial charge in [0.05, 0.1) is 4.47 Å². The van der Waals surface area contributed by atoms with Crippen molar-refractivity contribution in [2.24, 2.45) is 0 Å². The summed E-state index contributed by atoms with van der Waals surface area (Å²) >= 11 is 3.17. The van der Waals surface area contributed by atoms with Crippen molar-refractivity contribution in [1.82, 2.24) is 0 Å². The molecule has 0 atom stereocenters. The van der Waals surface area contributed by atoms with Crippen LogP contribution in [-0.2, 0) is 9.47 Å². The molecule has 0 spiro atoms. The summed E-state index contributed by atoms with van der Waals surface area (Å²) in [5, 5.41) is 3.21. The summed E-state index contributed by atoms with van der Waals surface area (Å²) in [6.45, 7) is 7.73. The molecule has 0 bridgehead atoms. The van der Waals surface area contributed by atoms with Crippen molar-refractivity contribution in [2.45, 2.75) is 33.5 Å². The molecule has 0 unspecified atom stereocenters. The van der Waals surface area contributed by atoms with Gasteiger partial charge >= 0.3 is 0 Å². The summed E-state index contributed by atoms with van der Waals surface area (Å²) < 4.78 is 24.8. The number of hydrogen-bond donors (Lipinski definition) is 1. The monoisotopic (exact) mass is 333 g/mol. The Morgan fingerprint density at radius 1 is 1.26 bits per heavy atom. The molecule has 1 aromatic carbocycles. The molecule has 5 heteroatoms. The molecule has 0 saturated heterocycles. The van der Waals surface area contributed by atoms with Crippen LogP contribution in [0, 0.1) is 12.7 Å². The van der Waals surface area contributed by atoms with E-state index in [0.717, 1.165) is 17.7 Å². The van der Waals surface area contributed by atoms with Crippen LogP contribution in [0.3, 0.4) is 0 Å². The Labute approximate surface area is 122 Å². The highest BCUT2D eigenvalue weighted by molar-refractivity contribution is 9.10. The molecule has 0 saturated carbocycles. The minimum Gasteiger partial charge on any atom is -0.385 e. The van der Waals surface area contributed by atoms with Crippen molar-refractivity contribution in [3.8, 4) is 0 Å². The van der Waals surface area contributed by atoms with E-state index in [2.05, 4.69) is 21.2 Å². The van der Waals surface area contributed by atoms with Crippen LogP contribution < -0.4 is 5.32 Å². The number of aryl methyl sites for hydroxylation is 1. The molecule has 1 rings (SSSR count). The maximum absolute atomic E-state index is 13.5. The van der Waals surface area contributed by atoms with Crippen molar-refractivity contribution < 1.29 is 13.9 Å². The lowest BCUT2D eigenvalue weighted by Crippen LogP contribution is -2.21. The third-order valence-corrected chi connectivity index (χ3v) is 3.28. The Morgan fingerprint density at radius 3 is 2.47 bits per heavy atom. The molecule has 0 aliphatic rings. The SMILES string of the molecule is CCOC(CCNc1cc(F)c(Br)cc1C)OCC. The van der Waals surface area contributed by atoms with Gasteiger partial charge in [0.2, 0.25) is 0 Å². The second kappa shape index (κ2) is 8.51. The number of benzene rings is 1. The number of hydrogen-bond acceptors (Lipinski definition) is 3. The van der Waals surface area contributed by atoms with Crippen molar-refractivity contribution >= 4 is 21.6 Å². The van der Waals surface area contributed by atoms with Gasteiger partial charge in [-0.05, 0) is 54.4 Å². The minimum atomic E-state index is -0.265. The quantitative estimate of drug-likeness (QED) is 0.726. The molecule has 1 N–H and O–H groups in total. The zero-order valence-corrected chi connectivity index (χ0v) is 13.2. The normalized spacial score (nSPS) is 11.1. The predicted octanol–water partition coefficient (Wildman–Crippen LogP) is 4.10. The Kier molecular flexibility index (Phi) is 7.34. The smallest absolute Gasteiger partial charge is 0.159 e. The van der Waals surface area contributed by atoms with Crippen LogP contribution in [0.15, 0.2) is 16.6 Å². The Balaban J connectivity index is 2.50. The van der Waals surface area contributed by atoms with Gasteiger partial charge in [-0.2, -0.15) is 0 Å². The van der Waals surface area contributed by atoms with Crippen LogP contribution in [-0.4, -0.2) is 26.0 Å². The lowest BCUT2D eigenvalue weighted by Gasteiger charge is -2.18. The number of anilines is 1. The second-order valence-electron chi connectivity index (χ2n) is 4.14. The van der Waals surface area contributed by atoms with E-state index in [1.165, 1.54) is 6.07 Å². The fourth-order valence-corrected chi connectivity index (χ4v) is 2.21. The first kappa shape index (κ1) is 16.4. The number of rotatable bonds is 8. The summed E-state index contributed by atoms with van der Waals surface area (Å²) in [5.74, 6) is -0.265.